The molecule has 0 aliphatic carbocycles. The number of unbranched alkanes of at least 4 members (excludes halogenated alkanes) is 4. The third kappa shape index (κ3) is 10.3. The Morgan fingerprint density at radius 1 is 1.00 bits per heavy atom. The highest BCUT2D eigenvalue weighted by Crippen LogP contribution is 2.11. The Hall–Kier alpha value is 0.350. The summed E-state index contributed by atoms with van der Waals surface area (Å²) in [6, 6.07) is 0. The van der Waals surface area contributed by atoms with E-state index >= 15 is 0 Å². The minimum absolute atomic E-state index is 0.866. The van der Waals surface area contributed by atoms with E-state index in [1.807, 2.05) is 0 Å². The Morgan fingerprint density at radius 3 is 2.25 bits per heavy atom. The predicted octanol–water partition coefficient (Wildman–Crippen LogP) is 4.35. The lowest BCUT2D eigenvalue weighted by Crippen LogP contribution is -1.92. The number of hydrogen-bond acceptors (Lipinski definition) is 1. The van der Waals surface area contributed by atoms with E-state index < -0.39 is 0 Å². The van der Waals surface area contributed by atoms with Gasteiger partial charge in [0, 0.05) is 0 Å². The van der Waals surface area contributed by atoms with Gasteiger partial charge in [-0.05, 0) is 23.8 Å². The van der Waals surface area contributed by atoms with Gasteiger partial charge in [-0.15, -0.1) is 0 Å². The molecule has 0 heterocycles. The summed E-state index contributed by atoms with van der Waals surface area (Å²) in [5, 5.41) is 0. The zero-order valence-corrected chi connectivity index (χ0v) is 9.75. The summed E-state index contributed by atoms with van der Waals surface area (Å²) in [6.45, 7) is 6.86. The van der Waals surface area contributed by atoms with Gasteiger partial charge in [0.05, 0.1) is 0 Å². The van der Waals surface area contributed by atoms with E-state index in [1.54, 1.807) is 0 Å². The zero-order valence-electron chi connectivity index (χ0n) is 8.94. The van der Waals surface area contributed by atoms with E-state index in [1.165, 1.54) is 43.6 Å². The van der Waals surface area contributed by atoms with Crippen LogP contribution in [-0.4, -0.2) is 11.5 Å². The van der Waals surface area contributed by atoms with Crippen molar-refractivity contribution in [2.24, 2.45) is 5.92 Å². The third-order valence-electron chi connectivity index (χ3n) is 1.84. The smallest absolute Gasteiger partial charge is 0.00444 e. The van der Waals surface area contributed by atoms with Gasteiger partial charge in [0.1, 0.15) is 0 Å². The second kappa shape index (κ2) is 9.44. The Bertz CT molecular complexity index is 79.1. The summed E-state index contributed by atoms with van der Waals surface area (Å²) in [7, 11) is 0. The fraction of sp³-hybridized carbons (Fsp3) is 1.00. The van der Waals surface area contributed by atoms with E-state index in [2.05, 4.69) is 32.5 Å². The summed E-state index contributed by atoms with van der Waals surface area (Å²) >= 11 is 2.12. The maximum Gasteiger partial charge on any atom is -0.00444 e. The average Bonchev–Trinajstić information content (AvgIpc) is 2.02. The van der Waals surface area contributed by atoms with Crippen LogP contribution < -0.4 is 0 Å². The quantitative estimate of drug-likeness (QED) is 0.510. The van der Waals surface area contributed by atoms with Gasteiger partial charge in [-0.2, -0.15) is 11.8 Å². The molecule has 0 aliphatic rings. The molecule has 0 unspecified atom stereocenters. The van der Waals surface area contributed by atoms with Gasteiger partial charge in [0.2, 0.25) is 0 Å². The van der Waals surface area contributed by atoms with Gasteiger partial charge >= 0.3 is 0 Å². The monoisotopic (exact) mass is 188 g/mol. The highest BCUT2D eigenvalue weighted by Gasteiger charge is 1.94. The Morgan fingerprint density at radius 2 is 1.67 bits per heavy atom. The molecule has 0 atom stereocenters. The topological polar surface area (TPSA) is 0 Å². The fourth-order valence-corrected chi connectivity index (χ4v) is 2.17. The summed E-state index contributed by atoms with van der Waals surface area (Å²) in [5.41, 5.74) is 0. The first-order valence-corrected chi connectivity index (χ1v) is 6.50. The second-order valence-electron chi connectivity index (χ2n) is 3.88. The first kappa shape index (κ1) is 12.3. The molecule has 0 radical (unpaired) electrons. The normalized spacial score (nSPS) is 11.0. The van der Waals surface area contributed by atoms with Crippen LogP contribution in [0.2, 0.25) is 0 Å². The van der Waals surface area contributed by atoms with Crippen molar-refractivity contribution in [3.05, 3.63) is 0 Å². The van der Waals surface area contributed by atoms with E-state index in [-0.39, 0.29) is 0 Å². The van der Waals surface area contributed by atoms with Crippen LogP contribution in [0.15, 0.2) is 0 Å². The molecule has 0 amide bonds. The van der Waals surface area contributed by atoms with Crippen LogP contribution in [0.4, 0.5) is 0 Å². The maximum absolute atomic E-state index is 2.30. The van der Waals surface area contributed by atoms with Crippen molar-refractivity contribution in [1.82, 2.24) is 0 Å². The van der Waals surface area contributed by atoms with Crippen LogP contribution in [0.25, 0.3) is 0 Å². The molecule has 1 heteroatoms. The largest absolute Gasteiger partial charge is 0.162 e. The van der Waals surface area contributed by atoms with Crippen molar-refractivity contribution in [2.75, 3.05) is 11.5 Å². The second-order valence-corrected chi connectivity index (χ2v) is 5.03. The van der Waals surface area contributed by atoms with Crippen LogP contribution >= 0.6 is 11.8 Å². The lowest BCUT2D eigenvalue weighted by molar-refractivity contribution is 0.658. The van der Waals surface area contributed by atoms with E-state index in [0.717, 1.165) is 5.92 Å². The highest BCUT2D eigenvalue weighted by molar-refractivity contribution is 7.99. The van der Waals surface area contributed by atoms with Crippen molar-refractivity contribution in [2.45, 2.75) is 52.9 Å². The fourth-order valence-electron chi connectivity index (χ4n) is 1.13. The van der Waals surface area contributed by atoms with Crippen molar-refractivity contribution < 1.29 is 0 Å². The number of rotatable bonds is 8. The van der Waals surface area contributed by atoms with Crippen LogP contribution in [-0.2, 0) is 0 Å². The Kier molecular flexibility index (Phi) is 9.71. The summed E-state index contributed by atoms with van der Waals surface area (Å²) in [4.78, 5) is 0. The van der Waals surface area contributed by atoms with Gasteiger partial charge in [0.25, 0.3) is 0 Å². The molecule has 0 aromatic carbocycles. The molecular weight excluding hydrogens is 164 g/mol. The lowest BCUT2D eigenvalue weighted by atomic mass is 10.2. The third-order valence-corrected chi connectivity index (χ3v) is 3.32. The SMILES string of the molecule is CCCCCCCSCC(C)C. The molecule has 0 N–H and O–H groups in total. The highest BCUT2D eigenvalue weighted by atomic mass is 32.2. The van der Waals surface area contributed by atoms with Gasteiger partial charge in [-0.25, -0.2) is 0 Å². The summed E-state index contributed by atoms with van der Waals surface area (Å²) in [6.07, 6.45) is 7.10. The maximum atomic E-state index is 2.30. The molecule has 0 rings (SSSR count). The molecule has 12 heavy (non-hydrogen) atoms. The number of thioether (sulfide) groups is 1. The van der Waals surface area contributed by atoms with Gasteiger partial charge < -0.3 is 0 Å². The van der Waals surface area contributed by atoms with Crippen LogP contribution in [0, 0.1) is 5.92 Å². The van der Waals surface area contributed by atoms with Crippen LogP contribution in [0.3, 0.4) is 0 Å². The minimum Gasteiger partial charge on any atom is -0.162 e. The van der Waals surface area contributed by atoms with Crippen LogP contribution in [0.1, 0.15) is 52.9 Å². The molecule has 74 valence electrons. The number of hydrogen-bond donors (Lipinski definition) is 0. The summed E-state index contributed by atoms with van der Waals surface area (Å²) in [5.74, 6) is 3.58. The molecule has 0 saturated carbocycles. The van der Waals surface area contributed by atoms with Crippen molar-refractivity contribution in [3.8, 4) is 0 Å². The van der Waals surface area contributed by atoms with Crippen LogP contribution in [0.5, 0.6) is 0 Å². The van der Waals surface area contributed by atoms with E-state index in [4.69, 9.17) is 0 Å². The minimum atomic E-state index is 0.866. The molecule has 0 bridgehead atoms. The van der Waals surface area contributed by atoms with Gasteiger partial charge in [0.15, 0.2) is 0 Å². The average molecular weight is 188 g/mol. The molecule has 0 aromatic rings. The molecule has 0 saturated heterocycles. The van der Waals surface area contributed by atoms with Crippen molar-refractivity contribution in [3.63, 3.8) is 0 Å². The van der Waals surface area contributed by atoms with Crippen molar-refractivity contribution >= 4 is 11.8 Å². The first-order chi connectivity index (χ1) is 5.77. The molecule has 0 aliphatic heterocycles. The van der Waals surface area contributed by atoms with Gasteiger partial charge in [-0.3, -0.25) is 0 Å². The zero-order chi connectivity index (χ0) is 9.23. The van der Waals surface area contributed by atoms with Crippen molar-refractivity contribution in [1.29, 1.82) is 0 Å². The van der Waals surface area contributed by atoms with E-state index in [0.29, 0.717) is 0 Å². The Balaban J connectivity index is 2.82. The lowest BCUT2D eigenvalue weighted by Gasteiger charge is -2.03. The molecule has 0 fully saturated rings. The first-order valence-electron chi connectivity index (χ1n) is 5.35. The molecular formula is C11H24S. The van der Waals surface area contributed by atoms with E-state index in [9.17, 15) is 0 Å². The molecule has 0 nitrogen and oxygen atoms in total. The Labute approximate surface area is 82.5 Å². The molecule has 0 spiro atoms. The molecule has 0 aromatic heterocycles. The standard InChI is InChI=1S/C11H24S/c1-4-5-6-7-8-9-12-10-11(2)3/h11H,4-10H2,1-3H3. The van der Waals surface area contributed by atoms with Gasteiger partial charge in [-0.1, -0.05) is 46.5 Å². The predicted molar refractivity (Wildman–Crippen MR) is 60.9 cm³/mol. The summed E-state index contributed by atoms with van der Waals surface area (Å²) < 4.78 is 0.